The summed E-state index contributed by atoms with van der Waals surface area (Å²) >= 11 is 0. The Morgan fingerprint density at radius 1 is 1.42 bits per heavy atom. The first-order valence-electron chi connectivity index (χ1n) is 3.58. The van der Waals surface area contributed by atoms with Gasteiger partial charge in [0.1, 0.15) is 0 Å². The molecule has 1 heterocycles. The summed E-state index contributed by atoms with van der Waals surface area (Å²) in [4.78, 5) is 21.5. The fourth-order valence-corrected chi connectivity index (χ4v) is 0.874. The smallest absolute Gasteiger partial charge is 0.374 e. The number of hydrogen-bond donors (Lipinski definition) is 0. The lowest BCUT2D eigenvalue weighted by molar-refractivity contribution is -0.155. The summed E-state index contributed by atoms with van der Waals surface area (Å²) in [5.41, 5.74) is 0. The maximum Gasteiger partial charge on any atom is 0.374 e. The number of carbonyl (C=O) groups is 2. The van der Waals surface area contributed by atoms with Crippen molar-refractivity contribution < 1.29 is 23.8 Å². The normalized spacial score (nSPS) is 17.8. The number of methoxy groups -OCH3 is 1. The van der Waals surface area contributed by atoms with Gasteiger partial charge in [0.15, 0.2) is 6.29 Å². The molecule has 68 valence electrons. The molecule has 1 rings (SSSR count). The lowest BCUT2D eigenvalue weighted by atomic mass is 10.3. The zero-order valence-electron chi connectivity index (χ0n) is 6.74. The lowest BCUT2D eigenvalue weighted by Crippen LogP contribution is -2.22. The average molecular weight is 174 g/mol. The SMILES string of the molecule is COC(=O)C(=O)CC1OCCO1. The molecule has 0 bridgehead atoms. The highest BCUT2D eigenvalue weighted by atomic mass is 16.7. The number of hydrogen-bond acceptors (Lipinski definition) is 5. The van der Waals surface area contributed by atoms with Crippen LogP contribution in [0.4, 0.5) is 0 Å². The molecule has 0 radical (unpaired) electrons. The van der Waals surface area contributed by atoms with Crippen molar-refractivity contribution >= 4 is 11.8 Å². The van der Waals surface area contributed by atoms with E-state index in [1.807, 2.05) is 0 Å². The minimum Gasteiger partial charge on any atom is -0.463 e. The Morgan fingerprint density at radius 2 is 2.00 bits per heavy atom. The monoisotopic (exact) mass is 174 g/mol. The Morgan fingerprint density at radius 3 is 2.50 bits per heavy atom. The summed E-state index contributed by atoms with van der Waals surface area (Å²) in [6.07, 6.45) is -0.635. The average Bonchev–Trinajstić information content (AvgIpc) is 2.55. The molecule has 0 atom stereocenters. The molecule has 0 aromatic carbocycles. The zero-order valence-corrected chi connectivity index (χ0v) is 6.74. The van der Waals surface area contributed by atoms with Crippen LogP contribution in [0.2, 0.25) is 0 Å². The van der Waals surface area contributed by atoms with Gasteiger partial charge in [0.2, 0.25) is 5.78 Å². The first-order chi connectivity index (χ1) is 5.74. The predicted molar refractivity (Wildman–Crippen MR) is 37.3 cm³/mol. The van der Waals surface area contributed by atoms with E-state index in [4.69, 9.17) is 9.47 Å². The van der Waals surface area contributed by atoms with Gasteiger partial charge in [-0.25, -0.2) is 4.79 Å². The maximum absolute atomic E-state index is 10.9. The summed E-state index contributed by atoms with van der Waals surface area (Å²) in [5.74, 6) is -1.47. The molecule has 0 aliphatic carbocycles. The predicted octanol–water partition coefficient (Wildman–Crippen LogP) is -0.509. The molecule has 0 N–H and O–H groups in total. The van der Waals surface area contributed by atoms with Crippen LogP contribution in [0, 0.1) is 0 Å². The highest BCUT2D eigenvalue weighted by Gasteiger charge is 2.24. The lowest BCUT2D eigenvalue weighted by Gasteiger charge is -2.05. The minimum atomic E-state index is -0.853. The molecule has 1 saturated heterocycles. The van der Waals surface area contributed by atoms with Gasteiger partial charge in [-0.1, -0.05) is 0 Å². The van der Waals surface area contributed by atoms with Crippen LogP contribution in [-0.2, 0) is 23.8 Å². The van der Waals surface area contributed by atoms with E-state index in [-0.39, 0.29) is 6.42 Å². The molecule has 0 amide bonds. The summed E-state index contributed by atoms with van der Waals surface area (Å²) in [7, 11) is 1.16. The topological polar surface area (TPSA) is 61.8 Å². The Balaban J connectivity index is 2.29. The molecule has 1 aliphatic heterocycles. The third kappa shape index (κ3) is 2.28. The van der Waals surface area contributed by atoms with E-state index in [1.165, 1.54) is 0 Å². The van der Waals surface area contributed by atoms with Gasteiger partial charge in [-0.2, -0.15) is 0 Å². The van der Waals surface area contributed by atoms with Crippen LogP contribution in [0.25, 0.3) is 0 Å². The fraction of sp³-hybridized carbons (Fsp3) is 0.714. The van der Waals surface area contributed by atoms with Crippen molar-refractivity contribution in [1.82, 2.24) is 0 Å². The van der Waals surface area contributed by atoms with Gasteiger partial charge >= 0.3 is 5.97 Å². The first-order valence-corrected chi connectivity index (χ1v) is 3.58. The molecule has 1 fully saturated rings. The van der Waals surface area contributed by atoms with E-state index in [9.17, 15) is 9.59 Å². The minimum absolute atomic E-state index is 0.0628. The van der Waals surface area contributed by atoms with Crippen LogP contribution in [-0.4, -0.2) is 38.4 Å². The third-order valence-corrected chi connectivity index (χ3v) is 1.46. The largest absolute Gasteiger partial charge is 0.463 e. The number of carbonyl (C=O) groups excluding carboxylic acids is 2. The highest BCUT2D eigenvalue weighted by Crippen LogP contribution is 2.08. The molecule has 12 heavy (non-hydrogen) atoms. The third-order valence-electron chi connectivity index (χ3n) is 1.46. The van der Waals surface area contributed by atoms with Crippen molar-refractivity contribution in [1.29, 1.82) is 0 Å². The van der Waals surface area contributed by atoms with Gasteiger partial charge in [-0.05, 0) is 0 Å². The first kappa shape index (κ1) is 9.15. The Kier molecular flexibility index (Phi) is 3.19. The van der Waals surface area contributed by atoms with Crippen molar-refractivity contribution in [2.24, 2.45) is 0 Å². The Bertz CT molecular complexity index is 182. The van der Waals surface area contributed by atoms with E-state index in [0.29, 0.717) is 13.2 Å². The van der Waals surface area contributed by atoms with Crippen molar-refractivity contribution in [2.75, 3.05) is 20.3 Å². The maximum atomic E-state index is 10.9. The van der Waals surface area contributed by atoms with Crippen molar-refractivity contribution in [3.05, 3.63) is 0 Å². The second-order valence-corrected chi connectivity index (χ2v) is 2.29. The molecule has 5 nitrogen and oxygen atoms in total. The quantitative estimate of drug-likeness (QED) is 0.426. The summed E-state index contributed by atoms with van der Waals surface area (Å²) in [6, 6.07) is 0. The number of Topliss-reactive ketones (excluding diaryl/α,β-unsaturated/α-hetero) is 1. The molecule has 5 heteroatoms. The Hall–Kier alpha value is -0.940. The molecule has 1 aliphatic rings. The summed E-state index contributed by atoms with van der Waals surface area (Å²) < 4.78 is 14.2. The van der Waals surface area contributed by atoms with Crippen molar-refractivity contribution in [3.63, 3.8) is 0 Å². The Labute approximate surface area is 69.6 Å². The molecule has 0 unspecified atom stereocenters. The van der Waals surface area contributed by atoms with Gasteiger partial charge in [0, 0.05) is 0 Å². The second-order valence-electron chi connectivity index (χ2n) is 2.29. The van der Waals surface area contributed by atoms with Gasteiger partial charge in [-0.3, -0.25) is 4.79 Å². The molecular weight excluding hydrogens is 164 g/mol. The van der Waals surface area contributed by atoms with Crippen LogP contribution in [0.5, 0.6) is 0 Å². The fourth-order valence-electron chi connectivity index (χ4n) is 0.874. The van der Waals surface area contributed by atoms with Gasteiger partial charge in [-0.15, -0.1) is 0 Å². The van der Waals surface area contributed by atoms with Crippen LogP contribution in [0.3, 0.4) is 0 Å². The standard InChI is InChI=1S/C7H10O5/c1-10-7(9)5(8)4-6-11-2-3-12-6/h6H,2-4H2,1H3. The van der Waals surface area contributed by atoms with E-state index in [0.717, 1.165) is 7.11 Å². The molecular formula is C7H10O5. The van der Waals surface area contributed by atoms with Crippen LogP contribution in [0.1, 0.15) is 6.42 Å². The van der Waals surface area contributed by atoms with Crippen LogP contribution >= 0.6 is 0 Å². The van der Waals surface area contributed by atoms with Crippen molar-refractivity contribution in [3.8, 4) is 0 Å². The number of ether oxygens (including phenoxy) is 3. The van der Waals surface area contributed by atoms with Crippen molar-refractivity contribution in [2.45, 2.75) is 12.7 Å². The number of rotatable bonds is 3. The van der Waals surface area contributed by atoms with E-state index in [2.05, 4.69) is 4.74 Å². The molecule has 0 aromatic heterocycles. The van der Waals surface area contributed by atoms with Gasteiger partial charge in [0.05, 0.1) is 26.7 Å². The number of esters is 1. The van der Waals surface area contributed by atoms with E-state index in [1.54, 1.807) is 0 Å². The number of ketones is 1. The summed E-state index contributed by atoms with van der Waals surface area (Å²) in [6.45, 7) is 0.943. The highest BCUT2D eigenvalue weighted by molar-refractivity contribution is 6.33. The summed E-state index contributed by atoms with van der Waals surface area (Å²) in [5, 5.41) is 0. The van der Waals surface area contributed by atoms with Crippen LogP contribution < -0.4 is 0 Å². The molecule has 0 spiro atoms. The molecule has 0 aromatic rings. The zero-order chi connectivity index (χ0) is 8.97. The second kappa shape index (κ2) is 4.18. The molecule has 0 saturated carbocycles. The van der Waals surface area contributed by atoms with E-state index >= 15 is 0 Å². The van der Waals surface area contributed by atoms with Gasteiger partial charge in [0.25, 0.3) is 0 Å². The van der Waals surface area contributed by atoms with Crippen LogP contribution in [0.15, 0.2) is 0 Å². The van der Waals surface area contributed by atoms with Gasteiger partial charge < -0.3 is 14.2 Å². The van der Waals surface area contributed by atoms with E-state index < -0.39 is 18.0 Å².